The molecule has 0 radical (unpaired) electrons. The molecule has 0 saturated carbocycles. The van der Waals surface area contributed by atoms with Crippen molar-refractivity contribution in [2.45, 2.75) is 66.6 Å². The fourth-order valence-corrected chi connectivity index (χ4v) is 10.2. The van der Waals surface area contributed by atoms with Crippen LogP contribution in [0.2, 0.25) is 10.0 Å². The van der Waals surface area contributed by atoms with Crippen molar-refractivity contribution in [3.63, 3.8) is 0 Å². The molecule has 0 spiro atoms. The zero-order valence-corrected chi connectivity index (χ0v) is 39.7. The van der Waals surface area contributed by atoms with Crippen LogP contribution < -0.4 is 9.64 Å². The molecule has 9 rings (SSSR count). The monoisotopic (exact) mass is 904 g/mol. The van der Waals surface area contributed by atoms with Crippen LogP contribution in [0.15, 0.2) is 55.0 Å². The topological polar surface area (TPSA) is 104 Å². The van der Waals surface area contributed by atoms with Crippen molar-refractivity contribution in [3.8, 4) is 28.3 Å². The van der Waals surface area contributed by atoms with E-state index in [2.05, 4.69) is 70.3 Å². The zero-order chi connectivity index (χ0) is 45.0. The Bertz CT molecular complexity index is 2860. The van der Waals surface area contributed by atoms with Crippen molar-refractivity contribution in [2.75, 3.05) is 71.5 Å². The Morgan fingerprint density at radius 2 is 1.62 bits per heavy atom. The Kier molecular flexibility index (Phi) is 12.4. The van der Waals surface area contributed by atoms with E-state index in [1.807, 2.05) is 66.6 Å². The number of piperazine rings is 1. The number of anilines is 1. The summed E-state index contributed by atoms with van der Waals surface area (Å²) in [6.07, 6.45) is 5.23. The molecule has 1 saturated heterocycles. The number of carbonyl (C=O) groups excluding carboxylic acids is 1. The third kappa shape index (κ3) is 8.10. The van der Waals surface area contributed by atoms with Crippen LogP contribution in [-0.4, -0.2) is 116 Å². The first-order valence-electron chi connectivity index (χ1n) is 22.3. The van der Waals surface area contributed by atoms with Crippen LogP contribution in [0.25, 0.3) is 44.3 Å². The minimum atomic E-state index is -0.104. The lowest BCUT2D eigenvalue weighted by Crippen LogP contribution is -2.45. The molecule has 7 aromatic rings. The maximum Gasteiger partial charge on any atom is 0.275 e. The molecule has 3 aromatic carbocycles. The molecule has 4 aromatic heterocycles. The van der Waals surface area contributed by atoms with Crippen molar-refractivity contribution in [1.82, 2.24) is 43.5 Å². The summed E-state index contributed by atoms with van der Waals surface area (Å²) >= 11 is 13.7. The summed E-state index contributed by atoms with van der Waals surface area (Å²) in [7, 11) is 5.84. The normalized spacial score (nSPS) is 16.2. The number of benzene rings is 3. The number of halogens is 2. The van der Waals surface area contributed by atoms with Gasteiger partial charge in [-0.15, -0.1) is 0 Å². The van der Waals surface area contributed by atoms with Crippen molar-refractivity contribution in [3.05, 3.63) is 98.8 Å². The second kappa shape index (κ2) is 18.0. The van der Waals surface area contributed by atoms with E-state index < -0.39 is 0 Å². The molecule has 64 heavy (non-hydrogen) atoms. The van der Waals surface area contributed by atoms with Gasteiger partial charge in [-0.05, 0) is 108 Å². The summed E-state index contributed by atoms with van der Waals surface area (Å²) in [5.74, 6) is 1.39. The molecule has 2 aliphatic rings. The highest BCUT2D eigenvalue weighted by Gasteiger charge is 2.38. The van der Waals surface area contributed by atoms with Crippen molar-refractivity contribution in [1.29, 1.82) is 0 Å². The van der Waals surface area contributed by atoms with Crippen LogP contribution in [0.3, 0.4) is 0 Å². The molecule has 1 atom stereocenters. The van der Waals surface area contributed by atoms with Crippen LogP contribution >= 0.6 is 23.2 Å². The lowest BCUT2D eigenvalue weighted by Gasteiger charge is -2.34. The number of methoxy groups -OCH3 is 1. The first-order chi connectivity index (χ1) is 30.8. The Morgan fingerprint density at radius 3 is 2.34 bits per heavy atom. The lowest BCUT2D eigenvalue weighted by molar-refractivity contribution is 0.0957. The molecule has 13 nitrogen and oxygen atoms in total. The molecule has 0 N–H and O–H groups in total. The first-order valence-corrected chi connectivity index (χ1v) is 23.1. The Morgan fingerprint density at radius 1 is 0.859 bits per heavy atom. The molecule has 2 aliphatic heterocycles. The summed E-state index contributed by atoms with van der Waals surface area (Å²) < 4.78 is 20.1. The van der Waals surface area contributed by atoms with Gasteiger partial charge in [0.05, 0.1) is 47.2 Å². The van der Waals surface area contributed by atoms with Crippen molar-refractivity contribution < 1.29 is 14.3 Å². The van der Waals surface area contributed by atoms with Crippen LogP contribution in [0.5, 0.6) is 5.75 Å². The van der Waals surface area contributed by atoms with Gasteiger partial charge in [-0.1, -0.05) is 29.3 Å². The lowest BCUT2D eigenvalue weighted by atomic mass is 9.98. The highest BCUT2D eigenvalue weighted by atomic mass is 35.5. The minimum Gasteiger partial charge on any atom is -0.494 e. The standard InChI is InChI=1S/C49H58Cl2N10O3/c1-30-24-36(25-31(2)45(30)51)64-22-9-10-37-38-12-13-40(50)44(43-33(4)53-56(7)34(43)5)46(38)61-32(3)27-60(49(62)47(37)61)42-28-58(21-23-63-8)41-14-11-35(26-39(41)42)48-52-29-59(54-48)20-19-57-17-15-55(6)16-18-57/h11-14,24-26,28-29,32H,9-10,15-23,27H2,1-8H3. The average Bonchev–Trinajstić information content (AvgIpc) is 4.04. The van der Waals surface area contributed by atoms with E-state index in [4.69, 9.17) is 47.9 Å². The number of hydrogen-bond donors (Lipinski definition) is 0. The molecule has 15 heteroatoms. The number of nitrogens with zero attached hydrogens (tertiary/aromatic N) is 10. The van der Waals surface area contributed by atoms with Gasteiger partial charge in [0.2, 0.25) is 0 Å². The number of aryl methyl sites for hydroxylation is 5. The van der Waals surface area contributed by atoms with Crippen molar-refractivity contribution in [2.24, 2.45) is 7.05 Å². The number of rotatable bonds is 14. The molecule has 1 unspecified atom stereocenters. The summed E-state index contributed by atoms with van der Waals surface area (Å²) in [5, 5.41) is 13.1. The molecule has 0 aliphatic carbocycles. The van der Waals surface area contributed by atoms with Gasteiger partial charge >= 0.3 is 0 Å². The SMILES string of the molecule is COCCn1cc(N2CC(C)n3c(c(CCCOc4cc(C)c(Cl)c(C)c4)c4ccc(Cl)c(-c5c(C)nn(C)c5C)c43)C2=O)c2cc(-c3ncn(CCN4CCN(C)CC4)n3)ccc21. The maximum atomic E-state index is 15.6. The van der Waals surface area contributed by atoms with E-state index in [1.54, 1.807) is 7.11 Å². The summed E-state index contributed by atoms with van der Waals surface area (Å²) in [4.78, 5) is 27.2. The number of aromatic nitrogens is 7. The predicted molar refractivity (Wildman–Crippen MR) is 257 cm³/mol. The van der Waals surface area contributed by atoms with Gasteiger partial charge < -0.3 is 28.4 Å². The highest BCUT2D eigenvalue weighted by Crippen LogP contribution is 2.46. The third-order valence-corrected chi connectivity index (χ3v) is 14.2. The largest absolute Gasteiger partial charge is 0.494 e. The summed E-state index contributed by atoms with van der Waals surface area (Å²) in [6.45, 7) is 18.3. The summed E-state index contributed by atoms with van der Waals surface area (Å²) in [6, 6.07) is 14.2. The van der Waals surface area contributed by atoms with E-state index in [-0.39, 0.29) is 11.9 Å². The fraction of sp³-hybridized carbons (Fsp3) is 0.429. The van der Waals surface area contributed by atoms with Gasteiger partial charge in [0.25, 0.3) is 5.91 Å². The number of amides is 1. The second-order valence-corrected chi connectivity index (χ2v) is 18.5. The first kappa shape index (κ1) is 44.0. The van der Waals surface area contributed by atoms with Gasteiger partial charge in [-0.2, -0.15) is 10.2 Å². The molecule has 0 bridgehead atoms. The van der Waals surface area contributed by atoms with Gasteiger partial charge in [0.15, 0.2) is 5.82 Å². The smallest absolute Gasteiger partial charge is 0.275 e. The van der Waals surface area contributed by atoms with E-state index in [0.717, 1.165) is 122 Å². The zero-order valence-electron chi connectivity index (χ0n) is 38.2. The molecule has 1 amide bonds. The van der Waals surface area contributed by atoms with Crippen molar-refractivity contribution >= 4 is 56.6 Å². The Balaban J connectivity index is 1.11. The Hall–Kier alpha value is -5.18. The van der Waals surface area contributed by atoms with E-state index in [0.29, 0.717) is 55.7 Å². The van der Waals surface area contributed by atoms with Gasteiger partial charge in [0.1, 0.15) is 17.8 Å². The molecule has 336 valence electrons. The molecule has 6 heterocycles. The quantitative estimate of drug-likeness (QED) is 0.0998. The van der Waals surface area contributed by atoms with Gasteiger partial charge in [0, 0.05) is 110 Å². The number of hydrogen-bond acceptors (Lipinski definition) is 8. The predicted octanol–water partition coefficient (Wildman–Crippen LogP) is 8.92. The van der Waals surface area contributed by atoms with E-state index >= 15 is 4.79 Å². The molecule has 1 fully saturated rings. The van der Waals surface area contributed by atoms with Crippen LogP contribution in [0.1, 0.15) is 58.0 Å². The number of likely N-dealkylation sites (N-methyl/N-ethyl adjacent to an activating group) is 1. The highest BCUT2D eigenvalue weighted by molar-refractivity contribution is 6.35. The van der Waals surface area contributed by atoms with E-state index in [9.17, 15) is 0 Å². The van der Waals surface area contributed by atoms with Gasteiger partial charge in [-0.3, -0.25) is 19.1 Å². The molecular weight excluding hydrogens is 848 g/mol. The fourth-order valence-electron chi connectivity index (χ4n) is 9.79. The number of carbonyl (C=O) groups is 1. The van der Waals surface area contributed by atoms with Crippen LogP contribution in [0, 0.1) is 27.7 Å². The molecular formula is C49H58Cl2N10O3. The third-order valence-electron chi connectivity index (χ3n) is 13.3. The second-order valence-electron chi connectivity index (χ2n) is 17.7. The van der Waals surface area contributed by atoms with Gasteiger partial charge in [-0.25, -0.2) is 4.98 Å². The van der Waals surface area contributed by atoms with Crippen LogP contribution in [-0.2, 0) is 31.3 Å². The van der Waals surface area contributed by atoms with Crippen LogP contribution in [0.4, 0.5) is 5.69 Å². The summed E-state index contributed by atoms with van der Waals surface area (Å²) in [5.41, 5.74) is 11.1. The van der Waals surface area contributed by atoms with E-state index in [1.165, 1.54) is 0 Å². The number of fused-ring (bicyclic) bond motifs is 4. The number of ether oxygens (including phenoxy) is 2. The minimum absolute atomic E-state index is 0.0571. The maximum absolute atomic E-state index is 15.6. The average molecular weight is 906 g/mol. The Labute approximate surface area is 385 Å².